The van der Waals surface area contributed by atoms with Gasteiger partial charge in [-0.1, -0.05) is 97.6 Å². The summed E-state index contributed by atoms with van der Waals surface area (Å²) in [4.78, 5) is 25.5. The van der Waals surface area contributed by atoms with Crippen molar-refractivity contribution in [2.75, 3.05) is 26.2 Å². The highest BCUT2D eigenvalue weighted by molar-refractivity contribution is 6.04. The highest BCUT2D eigenvalue weighted by Gasteiger charge is 2.14. The largest absolute Gasteiger partial charge is 0.478 e. The second-order valence-corrected chi connectivity index (χ2v) is 7.91. The number of nitrogens with one attached hydrogen (secondary N) is 1. The van der Waals surface area contributed by atoms with E-state index in [1.807, 2.05) is 0 Å². The number of aromatic carboxylic acids is 1. The smallest absolute Gasteiger partial charge is 0.336 e. The Morgan fingerprint density at radius 2 is 1.19 bits per heavy atom. The van der Waals surface area contributed by atoms with Crippen LogP contribution in [-0.4, -0.2) is 48.1 Å². The van der Waals surface area contributed by atoms with Crippen molar-refractivity contribution in [1.82, 2.24) is 10.2 Å². The maximum atomic E-state index is 12.1. The van der Waals surface area contributed by atoms with Gasteiger partial charge in [0.05, 0.1) is 11.1 Å². The predicted octanol–water partition coefficient (Wildman–Crippen LogP) is 6.38. The van der Waals surface area contributed by atoms with Crippen molar-refractivity contribution in [2.45, 2.75) is 91.9 Å². The molecule has 0 atom stereocenters. The van der Waals surface area contributed by atoms with Gasteiger partial charge in [0.1, 0.15) is 0 Å². The van der Waals surface area contributed by atoms with E-state index in [9.17, 15) is 9.59 Å². The van der Waals surface area contributed by atoms with E-state index in [-0.39, 0.29) is 17.0 Å². The molecule has 1 amide bonds. The van der Waals surface area contributed by atoms with Crippen LogP contribution in [0.15, 0.2) is 24.3 Å². The Kier molecular flexibility index (Phi) is 18.8. The molecule has 0 spiro atoms. The molecule has 0 saturated carbocycles. The number of amides is 1. The summed E-state index contributed by atoms with van der Waals surface area (Å²) in [7, 11) is 0. The summed E-state index contributed by atoms with van der Waals surface area (Å²) in [5.41, 5.74) is 0.287. The van der Waals surface area contributed by atoms with Crippen molar-refractivity contribution in [3.63, 3.8) is 0 Å². The van der Waals surface area contributed by atoms with Crippen molar-refractivity contribution in [3.05, 3.63) is 35.4 Å². The van der Waals surface area contributed by atoms with Gasteiger partial charge in [-0.25, -0.2) is 4.79 Å². The number of hydrogen-bond acceptors (Lipinski definition) is 3. The summed E-state index contributed by atoms with van der Waals surface area (Å²) in [6.07, 6.45) is 12.5. The van der Waals surface area contributed by atoms with E-state index < -0.39 is 5.97 Å². The summed E-state index contributed by atoms with van der Waals surface area (Å²) in [6, 6.07) is 6.32. The van der Waals surface area contributed by atoms with Crippen molar-refractivity contribution in [2.24, 2.45) is 0 Å². The molecule has 0 unspecified atom stereocenters. The maximum Gasteiger partial charge on any atom is 0.336 e. The molecule has 5 nitrogen and oxygen atoms in total. The standard InChI is InChI=1S/C20H31NO3.C6H15N/c1-2-3-4-5-6-7-8-9-10-13-16-21-19(22)17-14-11-12-15-18(17)20(23)24;1-4-7(5-2)6-3/h11-12,14-15H,2-10,13,16H2,1H3,(H,21,22)(H,23,24);4-6H2,1-3H3. The Balaban J connectivity index is 0.00000110. The number of carbonyl (C=O) groups excluding carboxylic acids is 1. The Bertz CT molecular complexity index is 580. The average Bonchev–Trinajstić information content (AvgIpc) is 2.79. The van der Waals surface area contributed by atoms with E-state index in [4.69, 9.17) is 5.11 Å². The quantitative estimate of drug-likeness (QED) is 0.296. The van der Waals surface area contributed by atoms with E-state index >= 15 is 0 Å². The number of carboxylic acid groups (broad SMARTS) is 1. The number of rotatable bonds is 16. The Labute approximate surface area is 190 Å². The summed E-state index contributed by atoms with van der Waals surface area (Å²) < 4.78 is 0. The molecule has 0 bridgehead atoms. The van der Waals surface area contributed by atoms with Gasteiger partial charge in [-0.2, -0.15) is 0 Å². The molecule has 0 radical (unpaired) electrons. The van der Waals surface area contributed by atoms with E-state index in [1.54, 1.807) is 18.2 Å². The first-order valence-corrected chi connectivity index (χ1v) is 12.3. The number of carbonyl (C=O) groups is 2. The number of carboxylic acids is 1. The fourth-order valence-corrected chi connectivity index (χ4v) is 3.45. The molecule has 5 heteroatoms. The number of hydrogen-bond donors (Lipinski definition) is 2. The molecule has 0 heterocycles. The fourth-order valence-electron chi connectivity index (χ4n) is 3.45. The van der Waals surface area contributed by atoms with E-state index in [0.717, 1.165) is 12.8 Å². The molecular weight excluding hydrogens is 388 g/mol. The van der Waals surface area contributed by atoms with Crippen LogP contribution in [0.1, 0.15) is 113 Å². The lowest BCUT2D eigenvalue weighted by Gasteiger charge is -2.13. The van der Waals surface area contributed by atoms with Crippen molar-refractivity contribution in [1.29, 1.82) is 0 Å². The summed E-state index contributed by atoms with van der Waals surface area (Å²) >= 11 is 0. The van der Waals surface area contributed by atoms with Gasteiger partial charge in [0.25, 0.3) is 5.91 Å². The molecule has 31 heavy (non-hydrogen) atoms. The first-order chi connectivity index (χ1) is 15.0. The Morgan fingerprint density at radius 3 is 1.61 bits per heavy atom. The summed E-state index contributed by atoms with van der Waals surface area (Å²) in [5, 5.41) is 11.9. The van der Waals surface area contributed by atoms with Crippen LogP contribution in [0.25, 0.3) is 0 Å². The zero-order valence-corrected chi connectivity index (χ0v) is 20.4. The lowest BCUT2D eigenvalue weighted by molar-refractivity contribution is 0.0691. The molecule has 1 aromatic rings. The van der Waals surface area contributed by atoms with Crippen LogP contribution < -0.4 is 5.32 Å². The SMILES string of the molecule is CCCCCCCCCCCCNC(=O)c1ccccc1C(=O)O.CCN(CC)CC. The molecule has 178 valence electrons. The topological polar surface area (TPSA) is 69.6 Å². The lowest BCUT2D eigenvalue weighted by Crippen LogP contribution is -2.26. The summed E-state index contributed by atoms with van der Waals surface area (Å²) in [5.74, 6) is -1.37. The first-order valence-electron chi connectivity index (χ1n) is 12.3. The molecule has 2 N–H and O–H groups in total. The second kappa shape index (κ2) is 20.0. The third-order valence-electron chi connectivity index (χ3n) is 5.56. The van der Waals surface area contributed by atoms with Crippen LogP contribution in [0.5, 0.6) is 0 Å². The number of benzene rings is 1. The lowest BCUT2D eigenvalue weighted by atomic mass is 10.1. The molecular formula is C26H46N2O3. The van der Waals surface area contributed by atoms with Crippen LogP contribution in [-0.2, 0) is 0 Å². The Morgan fingerprint density at radius 1 is 0.742 bits per heavy atom. The highest BCUT2D eigenvalue weighted by atomic mass is 16.4. The van der Waals surface area contributed by atoms with E-state index in [0.29, 0.717) is 6.54 Å². The summed E-state index contributed by atoms with van der Waals surface area (Å²) in [6.45, 7) is 13.0. The second-order valence-electron chi connectivity index (χ2n) is 7.91. The van der Waals surface area contributed by atoms with Gasteiger partial charge in [-0.3, -0.25) is 4.79 Å². The van der Waals surface area contributed by atoms with Gasteiger partial charge >= 0.3 is 5.97 Å². The minimum atomic E-state index is -1.07. The third-order valence-corrected chi connectivity index (χ3v) is 5.56. The average molecular weight is 435 g/mol. The van der Waals surface area contributed by atoms with Crippen molar-refractivity contribution >= 4 is 11.9 Å². The molecule has 0 aliphatic rings. The number of nitrogens with zero attached hydrogens (tertiary/aromatic N) is 1. The van der Waals surface area contributed by atoms with Crippen molar-refractivity contribution in [3.8, 4) is 0 Å². The van der Waals surface area contributed by atoms with Gasteiger partial charge < -0.3 is 15.3 Å². The van der Waals surface area contributed by atoms with Gasteiger partial charge in [-0.05, 0) is 38.2 Å². The minimum absolute atomic E-state index is 0.0538. The monoisotopic (exact) mass is 434 g/mol. The van der Waals surface area contributed by atoms with Crippen molar-refractivity contribution < 1.29 is 14.7 Å². The zero-order chi connectivity index (χ0) is 23.3. The predicted molar refractivity (Wildman–Crippen MR) is 131 cm³/mol. The van der Waals surface area contributed by atoms with Gasteiger partial charge in [0, 0.05) is 6.54 Å². The van der Waals surface area contributed by atoms with Crippen LogP contribution in [0, 0.1) is 0 Å². The van der Waals surface area contributed by atoms with Crippen LogP contribution >= 0.6 is 0 Å². The molecule has 1 rings (SSSR count). The van der Waals surface area contributed by atoms with Crippen LogP contribution in [0.3, 0.4) is 0 Å². The normalized spacial score (nSPS) is 10.5. The zero-order valence-electron chi connectivity index (χ0n) is 20.4. The first kappa shape index (κ1) is 29.1. The highest BCUT2D eigenvalue weighted by Crippen LogP contribution is 2.11. The Hall–Kier alpha value is -1.88. The third kappa shape index (κ3) is 14.7. The fraction of sp³-hybridized carbons (Fsp3) is 0.692. The molecule has 0 aromatic heterocycles. The maximum absolute atomic E-state index is 12.1. The molecule has 0 aliphatic carbocycles. The molecule has 0 fully saturated rings. The van der Waals surface area contributed by atoms with Gasteiger partial charge in [-0.15, -0.1) is 0 Å². The van der Waals surface area contributed by atoms with Crippen LogP contribution in [0.4, 0.5) is 0 Å². The number of unbranched alkanes of at least 4 members (excludes halogenated alkanes) is 9. The van der Waals surface area contributed by atoms with E-state index in [2.05, 4.69) is 37.9 Å². The molecule has 1 aromatic carbocycles. The van der Waals surface area contributed by atoms with E-state index in [1.165, 1.54) is 77.1 Å². The minimum Gasteiger partial charge on any atom is -0.478 e. The van der Waals surface area contributed by atoms with Gasteiger partial charge in [0.15, 0.2) is 0 Å². The van der Waals surface area contributed by atoms with Gasteiger partial charge in [0.2, 0.25) is 0 Å². The van der Waals surface area contributed by atoms with Crippen LogP contribution in [0.2, 0.25) is 0 Å². The molecule has 0 saturated heterocycles. The molecule has 0 aliphatic heterocycles.